The second-order valence-electron chi connectivity index (χ2n) is 6.39. The van der Waals surface area contributed by atoms with E-state index in [1.165, 1.54) is 5.57 Å². The van der Waals surface area contributed by atoms with Gasteiger partial charge in [-0.2, -0.15) is 0 Å². The lowest BCUT2D eigenvalue weighted by Crippen LogP contribution is -2.18. The van der Waals surface area contributed by atoms with Gasteiger partial charge in [-0.05, 0) is 23.8 Å². The van der Waals surface area contributed by atoms with Crippen LogP contribution < -0.4 is 0 Å². The molecule has 0 aromatic rings. The van der Waals surface area contributed by atoms with Gasteiger partial charge in [0, 0.05) is 12.8 Å². The quantitative estimate of drug-likeness (QED) is 0.526. The van der Waals surface area contributed by atoms with E-state index >= 15 is 0 Å². The molecule has 4 heteroatoms. The first-order valence-electron chi connectivity index (χ1n) is 7.27. The van der Waals surface area contributed by atoms with Gasteiger partial charge in [-0.25, -0.2) is 0 Å². The van der Waals surface area contributed by atoms with E-state index in [0.29, 0.717) is 0 Å². The van der Waals surface area contributed by atoms with E-state index < -0.39 is 0 Å². The maximum Gasteiger partial charge on any atom is 0.310 e. The Kier molecular flexibility index (Phi) is 4.86. The third-order valence-corrected chi connectivity index (χ3v) is 4.74. The van der Waals surface area contributed by atoms with Crippen molar-refractivity contribution in [2.45, 2.75) is 52.6 Å². The average Bonchev–Trinajstić information content (AvgIpc) is 2.70. The Labute approximate surface area is 131 Å². The van der Waals surface area contributed by atoms with Gasteiger partial charge in [-0.15, -0.1) is 0 Å². The fourth-order valence-corrected chi connectivity index (χ4v) is 3.46. The van der Waals surface area contributed by atoms with Crippen molar-refractivity contribution in [2.75, 3.05) is 0 Å². The minimum atomic E-state index is -0.120. The zero-order valence-corrected chi connectivity index (χ0v) is 13.8. The third kappa shape index (κ3) is 3.40. The van der Waals surface area contributed by atoms with Crippen LogP contribution >= 0.6 is 23.2 Å². The number of esters is 1. The zero-order valence-electron chi connectivity index (χ0n) is 12.3. The fraction of sp³-hybridized carbons (Fsp3) is 0.688. The summed E-state index contributed by atoms with van der Waals surface area (Å²) < 4.78 is 5.88. The van der Waals surface area contributed by atoms with Crippen LogP contribution in [0.2, 0.25) is 0 Å². The molecule has 0 spiro atoms. The van der Waals surface area contributed by atoms with E-state index in [9.17, 15) is 4.79 Å². The summed E-state index contributed by atoms with van der Waals surface area (Å²) in [5.74, 6) is -0.142. The Morgan fingerprint density at radius 1 is 1.50 bits per heavy atom. The van der Waals surface area contributed by atoms with Crippen LogP contribution in [-0.2, 0) is 9.53 Å². The molecule has 0 radical (unpaired) electrons. The summed E-state index contributed by atoms with van der Waals surface area (Å²) in [7, 11) is 0. The number of allylic oxidation sites excluding steroid dienone is 1. The van der Waals surface area contributed by atoms with Gasteiger partial charge >= 0.3 is 5.97 Å². The molecule has 1 saturated carbocycles. The van der Waals surface area contributed by atoms with Crippen LogP contribution in [-0.4, -0.2) is 12.1 Å². The molecule has 0 N–H and O–H groups in total. The van der Waals surface area contributed by atoms with Crippen molar-refractivity contribution in [2.24, 2.45) is 17.3 Å². The van der Waals surface area contributed by atoms with E-state index in [1.807, 2.05) is 13.8 Å². The second kappa shape index (κ2) is 6.11. The molecule has 3 atom stereocenters. The van der Waals surface area contributed by atoms with E-state index in [-0.39, 0.29) is 33.8 Å². The molecule has 2 aliphatic carbocycles. The number of carbonyl (C=O) groups excluding carboxylic acids is 1. The molecule has 1 unspecified atom stereocenters. The Morgan fingerprint density at radius 3 is 2.80 bits per heavy atom. The maximum atomic E-state index is 12.3. The van der Waals surface area contributed by atoms with Gasteiger partial charge in [0.1, 0.15) is 10.6 Å². The molecule has 2 aliphatic rings. The minimum Gasteiger partial charge on any atom is -0.461 e. The number of ether oxygens (including phenoxy) is 1. The summed E-state index contributed by atoms with van der Waals surface area (Å²) in [5, 5.41) is 0. The third-order valence-electron chi connectivity index (χ3n) is 4.48. The summed E-state index contributed by atoms with van der Waals surface area (Å²) in [6.07, 6.45) is 7.99. The van der Waals surface area contributed by atoms with E-state index in [1.54, 1.807) is 6.08 Å². The summed E-state index contributed by atoms with van der Waals surface area (Å²) >= 11 is 11.4. The van der Waals surface area contributed by atoms with Crippen molar-refractivity contribution in [3.63, 3.8) is 0 Å². The Balaban J connectivity index is 1.87. The Bertz CT molecular complexity index is 447. The van der Waals surface area contributed by atoms with Crippen molar-refractivity contribution in [1.82, 2.24) is 0 Å². The minimum absolute atomic E-state index is 0.0246. The lowest BCUT2D eigenvalue weighted by molar-refractivity contribution is -0.151. The standard InChI is InChI=1S/C16H22Cl2O2/c1-4-5-10-6-7-11(8-10)20-15(19)14-12(9-13(17)18)16(14,2)3/h6,9,11-12,14H,4-5,7-8H2,1-3H3/t11?,12-,14-/m1/s1. The van der Waals surface area contributed by atoms with E-state index in [0.717, 1.165) is 25.7 Å². The van der Waals surface area contributed by atoms with Crippen LogP contribution in [0.3, 0.4) is 0 Å². The number of hydrogen-bond donors (Lipinski definition) is 0. The van der Waals surface area contributed by atoms with Gasteiger partial charge in [-0.3, -0.25) is 4.79 Å². The normalized spacial score (nSPS) is 30.6. The highest BCUT2D eigenvalue weighted by Gasteiger charge is 2.61. The van der Waals surface area contributed by atoms with Crippen LogP contribution in [0, 0.1) is 17.3 Å². The van der Waals surface area contributed by atoms with Crippen LogP contribution in [0.25, 0.3) is 0 Å². The van der Waals surface area contributed by atoms with Gasteiger partial charge in [0.2, 0.25) is 0 Å². The molecule has 20 heavy (non-hydrogen) atoms. The molecule has 0 bridgehead atoms. The Hall–Kier alpha value is -0.470. The molecule has 0 aliphatic heterocycles. The Morgan fingerprint density at radius 2 is 2.20 bits per heavy atom. The summed E-state index contributed by atoms with van der Waals surface area (Å²) in [6, 6.07) is 0. The van der Waals surface area contributed by atoms with Crippen molar-refractivity contribution in [1.29, 1.82) is 0 Å². The highest BCUT2D eigenvalue weighted by molar-refractivity contribution is 6.55. The number of rotatable bonds is 5. The highest BCUT2D eigenvalue weighted by Crippen LogP contribution is 2.60. The molecule has 0 heterocycles. The van der Waals surface area contributed by atoms with Crippen LogP contribution in [0.15, 0.2) is 22.2 Å². The van der Waals surface area contributed by atoms with Crippen molar-refractivity contribution in [3.05, 3.63) is 22.2 Å². The summed E-state index contributed by atoms with van der Waals surface area (Å²) in [6.45, 7) is 6.26. The van der Waals surface area contributed by atoms with E-state index in [4.69, 9.17) is 27.9 Å². The lowest BCUT2D eigenvalue weighted by atomic mass is 10.1. The SMILES string of the molecule is CCCC1=CCC(OC(=O)[C@H]2[C@@H](C=C(Cl)Cl)C2(C)C)C1. The predicted octanol–water partition coefficient (Wildman–Crippen LogP) is 5.01. The fourth-order valence-electron chi connectivity index (χ4n) is 3.18. The number of halogens is 2. The molecule has 0 amide bonds. The molecule has 112 valence electrons. The zero-order chi connectivity index (χ0) is 14.9. The topological polar surface area (TPSA) is 26.3 Å². The molecule has 0 saturated heterocycles. The van der Waals surface area contributed by atoms with Crippen LogP contribution in [0.5, 0.6) is 0 Å². The van der Waals surface area contributed by atoms with Crippen LogP contribution in [0.1, 0.15) is 46.5 Å². The first-order valence-corrected chi connectivity index (χ1v) is 8.03. The van der Waals surface area contributed by atoms with Crippen LogP contribution in [0.4, 0.5) is 0 Å². The molecule has 0 aromatic heterocycles. The molecular weight excluding hydrogens is 295 g/mol. The van der Waals surface area contributed by atoms with Gasteiger partial charge < -0.3 is 4.74 Å². The van der Waals surface area contributed by atoms with Crippen molar-refractivity contribution < 1.29 is 9.53 Å². The summed E-state index contributed by atoms with van der Waals surface area (Å²) in [4.78, 5) is 12.3. The monoisotopic (exact) mass is 316 g/mol. The lowest BCUT2D eigenvalue weighted by Gasteiger charge is -2.13. The molecule has 0 aromatic carbocycles. The second-order valence-corrected chi connectivity index (χ2v) is 7.40. The maximum absolute atomic E-state index is 12.3. The molecular formula is C16H22Cl2O2. The predicted molar refractivity (Wildman–Crippen MR) is 82.7 cm³/mol. The highest BCUT2D eigenvalue weighted by atomic mass is 35.5. The van der Waals surface area contributed by atoms with Crippen molar-refractivity contribution >= 4 is 29.2 Å². The summed E-state index contributed by atoms with van der Waals surface area (Å²) in [5.41, 5.74) is 1.31. The van der Waals surface area contributed by atoms with Gasteiger partial charge in [0.05, 0.1) is 5.92 Å². The number of hydrogen-bond acceptors (Lipinski definition) is 2. The van der Waals surface area contributed by atoms with Gasteiger partial charge in [-0.1, -0.05) is 62.0 Å². The van der Waals surface area contributed by atoms with Gasteiger partial charge in [0.15, 0.2) is 0 Å². The molecule has 1 fully saturated rings. The van der Waals surface area contributed by atoms with Crippen molar-refractivity contribution in [3.8, 4) is 0 Å². The average molecular weight is 317 g/mol. The first-order chi connectivity index (χ1) is 9.36. The first kappa shape index (κ1) is 15.9. The molecule has 2 rings (SSSR count). The smallest absolute Gasteiger partial charge is 0.310 e. The van der Waals surface area contributed by atoms with Gasteiger partial charge in [0.25, 0.3) is 0 Å². The van der Waals surface area contributed by atoms with E-state index in [2.05, 4.69) is 13.0 Å². The molecule has 2 nitrogen and oxygen atoms in total. The number of carbonyl (C=O) groups is 1. The largest absolute Gasteiger partial charge is 0.461 e.